The minimum Gasteiger partial charge on any atom is -0.337 e. The Balaban J connectivity index is 1.81. The average Bonchev–Trinajstić information content (AvgIpc) is 2.89. The zero-order chi connectivity index (χ0) is 13.2. The van der Waals surface area contributed by atoms with Gasteiger partial charge >= 0.3 is 0 Å². The van der Waals surface area contributed by atoms with Gasteiger partial charge in [0.1, 0.15) is 0 Å². The first-order chi connectivity index (χ1) is 9.22. The second-order valence-corrected chi connectivity index (χ2v) is 5.18. The number of hydrogen-bond donors (Lipinski definition) is 1. The largest absolute Gasteiger partial charge is 0.337 e. The van der Waals surface area contributed by atoms with E-state index in [1.807, 2.05) is 6.92 Å². The molecule has 3 rings (SSSR count). The molecule has 2 aromatic rings. The number of nitrogens with one attached hydrogen (secondary N) is 1. The van der Waals surface area contributed by atoms with Crippen LogP contribution in [0.4, 0.5) is 0 Å². The Morgan fingerprint density at radius 3 is 2.79 bits per heavy atom. The molecule has 0 saturated carbocycles. The standard InChI is InChI=1S/C13H17N5O/c1-8-3-4-14-10(5-8)13-17-12(18-19-13)11-15-6-9(2)7-16-11/h6-8,10,14H,3-5H2,1-2H3. The molecule has 1 saturated heterocycles. The molecule has 100 valence electrons. The minimum absolute atomic E-state index is 0.149. The Morgan fingerprint density at radius 2 is 2.05 bits per heavy atom. The van der Waals surface area contributed by atoms with E-state index >= 15 is 0 Å². The Hall–Kier alpha value is -1.82. The molecule has 0 bridgehead atoms. The van der Waals surface area contributed by atoms with Crippen LogP contribution in [0, 0.1) is 12.8 Å². The van der Waals surface area contributed by atoms with Crippen molar-refractivity contribution in [2.75, 3.05) is 6.54 Å². The molecule has 0 aromatic carbocycles. The predicted octanol–water partition coefficient (Wildman–Crippen LogP) is 1.90. The summed E-state index contributed by atoms with van der Waals surface area (Å²) in [5.41, 5.74) is 1.01. The fourth-order valence-electron chi connectivity index (χ4n) is 2.27. The lowest BCUT2D eigenvalue weighted by atomic mass is 9.94. The van der Waals surface area contributed by atoms with Crippen molar-refractivity contribution in [3.8, 4) is 11.6 Å². The molecule has 19 heavy (non-hydrogen) atoms. The van der Waals surface area contributed by atoms with E-state index < -0.39 is 0 Å². The number of nitrogens with zero attached hydrogens (tertiary/aromatic N) is 4. The topological polar surface area (TPSA) is 76.7 Å². The highest BCUT2D eigenvalue weighted by Gasteiger charge is 2.25. The highest BCUT2D eigenvalue weighted by Crippen LogP contribution is 2.26. The fraction of sp³-hybridized carbons (Fsp3) is 0.538. The summed E-state index contributed by atoms with van der Waals surface area (Å²) in [6.45, 7) is 5.18. The second kappa shape index (κ2) is 5.05. The maximum absolute atomic E-state index is 5.33. The summed E-state index contributed by atoms with van der Waals surface area (Å²) < 4.78 is 5.33. The molecular weight excluding hydrogens is 242 g/mol. The van der Waals surface area contributed by atoms with Gasteiger partial charge in [0.2, 0.25) is 17.5 Å². The number of aromatic nitrogens is 4. The minimum atomic E-state index is 0.149. The highest BCUT2D eigenvalue weighted by atomic mass is 16.5. The van der Waals surface area contributed by atoms with Crippen LogP contribution in [0.2, 0.25) is 0 Å². The lowest BCUT2D eigenvalue weighted by molar-refractivity contribution is 0.260. The average molecular weight is 259 g/mol. The third-order valence-electron chi connectivity index (χ3n) is 3.39. The molecule has 1 fully saturated rings. The van der Waals surface area contributed by atoms with Gasteiger partial charge in [-0.05, 0) is 37.8 Å². The van der Waals surface area contributed by atoms with Gasteiger partial charge in [0, 0.05) is 12.4 Å². The number of piperidine rings is 1. The summed E-state index contributed by atoms with van der Waals surface area (Å²) >= 11 is 0. The summed E-state index contributed by atoms with van der Waals surface area (Å²) in [5.74, 6) is 2.27. The molecule has 1 N–H and O–H groups in total. The highest BCUT2D eigenvalue weighted by molar-refractivity contribution is 5.41. The summed E-state index contributed by atoms with van der Waals surface area (Å²) in [5, 5.41) is 7.37. The molecule has 2 aromatic heterocycles. The van der Waals surface area contributed by atoms with Gasteiger partial charge in [0.15, 0.2) is 0 Å². The molecule has 3 heterocycles. The van der Waals surface area contributed by atoms with Crippen molar-refractivity contribution >= 4 is 0 Å². The van der Waals surface area contributed by atoms with Crippen molar-refractivity contribution in [3.63, 3.8) is 0 Å². The van der Waals surface area contributed by atoms with Gasteiger partial charge in [-0.1, -0.05) is 12.1 Å². The zero-order valence-electron chi connectivity index (χ0n) is 11.1. The molecule has 0 aliphatic carbocycles. The van der Waals surface area contributed by atoms with Crippen LogP contribution in [0.25, 0.3) is 11.6 Å². The van der Waals surface area contributed by atoms with Crippen LogP contribution in [0.15, 0.2) is 16.9 Å². The third-order valence-corrected chi connectivity index (χ3v) is 3.39. The molecule has 0 spiro atoms. The Kier molecular flexibility index (Phi) is 3.25. The Morgan fingerprint density at radius 1 is 1.26 bits per heavy atom. The molecule has 2 unspecified atom stereocenters. The smallest absolute Gasteiger partial charge is 0.244 e. The van der Waals surface area contributed by atoms with Gasteiger partial charge in [-0.15, -0.1) is 0 Å². The van der Waals surface area contributed by atoms with Crippen molar-refractivity contribution in [3.05, 3.63) is 23.8 Å². The summed E-state index contributed by atoms with van der Waals surface area (Å²) in [4.78, 5) is 12.8. The van der Waals surface area contributed by atoms with Gasteiger partial charge in [0.05, 0.1) is 6.04 Å². The van der Waals surface area contributed by atoms with Crippen LogP contribution >= 0.6 is 0 Å². The summed E-state index contributed by atoms with van der Waals surface area (Å²) in [6, 6.07) is 0.149. The SMILES string of the molecule is Cc1cnc(-c2noc(C3CC(C)CCN3)n2)nc1. The maximum atomic E-state index is 5.33. The van der Waals surface area contributed by atoms with Crippen molar-refractivity contribution < 1.29 is 4.52 Å². The monoisotopic (exact) mass is 259 g/mol. The van der Waals surface area contributed by atoms with Crippen LogP contribution in [0.5, 0.6) is 0 Å². The van der Waals surface area contributed by atoms with E-state index in [1.54, 1.807) is 12.4 Å². The van der Waals surface area contributed by atoms with Crippen LogP contribution in [-0.4, -0.2) is 26.7 Å². The van der Waals surface area contributed by atoms with E-state index in [9.17, 15) is 0 Å². The Bertz CT molecular complexity index is 550. The molecular formula is C13H17N5O. The van der Waals surface area contributed by atoms with E-state index in [2.05, 4.69) is 32.3 Å². The molecule has 0 amide bonds. The quantitative estimate of drug-likeness (QED) is 0.887. The van der Waals surface area contributed by atoms with Crippen molar-refractivity contribution in [2.24, 2.45) is 5.92 Å². The molecule has 6 heteroatoms. The zero-order valence-corrected chi connectivity index (χ0v) is 11.1. The van der Waals surface area contributed by atoms with Gasteiger partial charge < -0.3 is 9.84 Å². The fourth-order valence-corrected chi connectivity index (χ4v) is 2.27. The first-order valence-electron chi connectivity index (χ1n) is 6.58. The van der Waals surface area contributed by atoms with E-state index in [1.165, 1.54) is 6.42 Å². The first-order valence-corrected chi connectivity index (χ1v) is 6.58. The predicted molar refractivity (Wildman–Crippen MR) is 69.2 cm³/mol. The Labute approximate surface area is 111 Å². The number of rotatable bonds is 2. The lowest BCUT2D eigenvalue weighted by Crippen LogP contribution is -2.30. The number of hydrogen-bond acceptors (Lipinski definition) is 6. The molecule has 1 aliphatic heterocycles. The van der Waals surface area contributed by atoms with Crippen molar-refractivity contribution in [2.45, 2.75) is 32.7 Å². The van der Waals surface area contributed by atoms with Gasteiger partial charge in [-0.2, -0.15) is 4.98 Å². The molecule has 6 nitrogen and oxygen atoms in total. The van der Waals surface area contributed by atoms with Crippen LogP contribution < -0.4 is 5.32 Å². The normalized spacial score (nSPS) is 23.5. The van der Waals surface area contributed by atoms with Crippen LogP contribution in [0.3, 0.4) is 0 Å². The third kappa shape index (κ3) is 2.63. The van der Waals surface area contributed by atoms with E-state index in [0.29, 0.717) is 23.5 Å². The molecule has 2 atom stereocenters. The summed E-state index contributed by atoms with van der Waals surface area (Å²) in [6.07, 6.45) is 5.72. The van der Waals surface area contributed by atoms with Crippen molar-refractivity contribution in [1.29, 1.82) is 0 Å². The van der Waals surface area contributed by atoms with E-state index in [0.717, 1.165) is 18.5 Å². The van der Waals surface area contributed by atoms with Gasteiger partial charge in [0.25, 0.3) is 0 Å². The van der Waals surface area contributed by atoms with E-state index in [-0.39, 0.29) is 6.04 Å². The first kappa shape index (κ1) is 12.2. The van der Waals surface area contributed by atoms with E-state index in [4.69, 9.17) is 4.52 Å². The van der Waals surface area contributed by atoms with Crippen LogP contribution in [-0.2, 0) is 0 Å². The van der Waals surface area contributed by atoms with Crippen molar-refractivity contribution in [1.82, 2.24) is 25.4 Å². The van der Waals surface area contributed by atoms with Gasteiger partial charge in [-0.3, -0.25) is 0 Å². The molecule has 0 radical (unpaired) electrons. The maximum Gasteiger partial charge on any atom is 0.244 e. The van der Waals surface area contributed by atoms with Crippen LogP contribution in [0.1, 0.15) is 37.3 Å². The summed E-state index contributed by atoms with van der Waals surface area (Å²) in [7, 11) is 0. The van der Waals surface area contributed by atoms with Gasteiger partial charge in [-0.25, -0.2) is 9.97 Å². The molecule has 1 aliphatic rings. The number of aryl methyl sites for hydroxylation is 1. The lowest BCUT2D eigenvalue weighted by Gasteiger charge is -2.25. The second-order valence-electron chi connectivity index (χ2n) is 5.18.